The maximum atomic E-state index is 10.8. The Bertz CT molecular complexity index is 510. The Labute approximate surface area is 79.2 Å². The van der Waals surface area contributed by atoms with Crippen LogP contribution in [-0.2, 0) is 0 Å². The zero-order valence-electron chi connectivity index (χ0n) is 7.14. The fraction of sp³-hybridized carbons (Fsp3) is 0. The van der Waals surface area contributed by atoms with Gasteiger partial charge in [0.25, 0.3) is 0 Å². The molecule has 0 bridgehead atoms. The first-order valence-electron chi connectivity index (χ1n) is 3.92. The summed E-state index contributed by atoms with van der Waals surface area (Å²) in [4.78, 5) is 18.6. The van der Waals surface area contributed by atoms with E-state index in [1.165, 1.54) is 6.20 Å². The van der Waals surface area contributed by atoms with Crippen LogP contribution in [0.25, 0.3) is 10.9 Å². The van der Waals surface area contributed by atoms with Crippen LogP contribution < -0.4 is 5.73 Å². The Morgan fingerprint density at radius 1 is 1.43 bits per heavy atom. The molecule has 0 amide bonds. The van der Waals surface area contributed by atoms with Crippen LogP contribution in [0.4, 0.5) is 5.82 Å². The molecule has 0 aromatic carbocycles. The zero-order valence-corrected chi connectivity index (χ0v) is 7.14. The topological polar surface area (TPSA) is 89.1 Å². The molecule has 2 heterocycles. The molecule has 0 radical (unpaired) electrons. The van der Waals surface area contributed by atoms with E-state index in [4.69, 9.17) is 10.8 Å². The Hall–Kier alpha value is -2.17. The van der Waals surface area contributed by atoms with Gasteiger partial charge in [0.2, 0.25) is 0 Å². The van der Waals surface area contributed by atoms with Crippen molar-refractivity contribution < 1.29 is 9.90 Å². The van der Waals surface area contributed by atoms with E-state index in [0.29, 0.717) is 10.9 Å². The molecule has 0 atom stereocenters. The number of rotatable bonds is 1. The summed E-state index contributed by atoms with van der Waals surface area (Å²) in [5, 5.41) is 9.37. The highest BCUT2D eigenvalue weighted by Gasteiger charge is 2.10. The predicted molar refractivity (Wildman–Crippen MR) is 50.9 cm³/mol. The molecular weight excluding hydrogens is 182 g/mol. The molecule has 0 saturated carbocycles. The van der Waals surface area contributed by atoms with Gasteiger partial charge in [-0.05, 0) is 6.07 Å². The number of aromatic carboxylic acids is 1. The zero-order chi connectivity index (χ0) is 10.1. The van der Waals surface area contributed by atoms with E-state index in [2.05, 4.69) is 9.97 Å². The highest BCUT2D eigenvalue weighted by molar-refractivity contribution is 6.04. The molecule has 0 saturated heterocycles. The number of carboxylic acid groups (broad SMARTS) is 1. The van der Waals surface area contributed by atoms with Crippen molar-refractivity contribution in [3.05, 3.63) is 30.1 Å². The summed E-state index contributed by atoms with van der Waals surface area (Å²) < 4.78 is 0. The number of nitrogens with zero attached hydrogens (tertiary/aromatic N) is 2. The summed E-state index contributed by atoms with van der Waals surface area (Å²) in [7, 11) is 0. The second-order valence-corrected chi connectivity index (χ2v) is 2.76. The lowest BCUT2D eigenvalue weighted by molar-refractivity contribution is 0.0698. The van der Waals surface area contributed by atoms with Crippen molar-refractivity contribution >= 4 is 22.7 Å². The molecule has 14 heavy (non-hydrogen) atoms. The largest absolute Gasteiger partial charge is 0.478 e. The average Bonchev–Trinajstić information content (AvgIpc) is 2.18. The van der Waals surface area contributed by atoms with Gasteiger partial charge >= 0.3 is 5.97 Å². The van der Waals surface area contributed by atoms with Gasteiger partial charge in [-0.1, -0.05) is 6.07 Å². The second kappa shape index (κ2) is 2.95. The van der Waals surface area contributed by atoms with Crippen LogP contribution in [0.2, 0.25) is 0 Å². The molecule has 2 aromatic rings. The normalized spacial score (nSPS) is 10.3. The van der Waals surface area contributed by atoms with Gasteiger partial charge in [-0.2, -0.15) is 0 Å². The average molecular weight is 189 g/mol. The molecule has 0 aliphatic carbocycles. The van der Waals surface area contributed by atoms with Crippen LogP contribution in [0, 0.1) is 0 Å². The van der Waals surface area contributed by atoms with E-state index in [0.717, 1.165) is 0 Å². The number of pyridine rings is 2. The molecule has 5 heteroatoms. The minimum Gasteiger partial charge on any atom is -0.478 e. The van der Waals surface area contributed by atoms with Gasteiger partial charge in [0.1, 0.15) is 11.3 Å². The van der Waals surface area contributed by atoms with Crippen LogP contribution in [-0.4, -0.2) is 21.0 Å². The second-order valence-electron chi connectivity index (χ2n) is 2.76. The quantitative estimate of drug-likeness (QED) is 0.695. The molecule has 0 spiro atoms. The van der Waals surface area contributed by atoms with Crippen molar-refractivity contribution in [3.8, 4) is 0 Å². The SMILES string of the molecule is Nc1ncc(C(=O)O)c2cccnc12. The highest BCUT2D eigenvalue weighted by Crippen LogP contribution is 2.19. The summed E-state index contributed by atoms with van der Waals surface area (Å²) in [5.41, 5.74) is 6.10. The number of hydrogen-bond donors (Lipinski definition) is 2. The Kier molecular flexibility index (Phi) is 1.78. The minimum absolute atomic E-state index is 0.113. The minimum atomic E-state index is -1.03. The first-order chi connectivity index (χ1) is 6.70. The molecule has 5 nitrogen and oxygen atoms in total. The number of carboxylic acids is 1. The van der Waals surface area contributed by atoms with Crippen molar-refractivity contribution in [1.82, 2.24) is 9.97 Å². The molecular formula is C9H7N3O2. The molecule has 0 aliphatic heterocycles. The number of aromatic nitrogens is 2. The number of carbonyl (C=O) groups is 1. The van der Waals surface area contributed by atoms with Gasteiger partial charge in [-0.3, -0.25) is 4.98 Å². The monoisotopic (exact) mass is 189 g/mol. The van der Waals surface area contributed by atoms with E-state index in [1.807, 2.05) is 0 Å². The van der Waals surface area contributed by atoms with Crippen molar-refractivity contribution in [2.24, 2.45) is 0 Å². The van der Waals surface area contributed by atoms with Gasteiger partial charge in [-0.25, -0.2) is 9.78 Å². The van der Waals surface area contributed by atoms with Crippen LogP contribution >= 0.6 is 0 Å². The first-order valence-corrected chi connectivity index (χ1v) is 3.92. The molecule has 3 N–H and O–H groups in total. The summed E-state index contributed by atoms with van der Waals surface area (Å²) in [5.74, 6) is -0.791. The maximum Gasteiger partial charge on any atom is 0.337 e. The third-order valence-corrected chi connectivity index (χ3v) is 1.90. The van der Waals surface area contributed by atoms with Gasteiger partial charge in [0.15, 0.2) is 0 Å². The molecule has 0 fully saturated rings. The van der Waals surface area contributed by atoms with Crippen molar-refractivity contribution in [2.75, 3.05) is 5.73 Å². The fourth-order valence-electron chi connectivity index (χ4n) is 1.26. The fourth-order valence-corrected chi connectivity index (χ4v) is 1.26. The van der Waals surface area contributed by atoms with E-state index < -0.39 is 5.97 Å². The Balaban J connectivity index is 2.88. The van der Waals surface area contributed by atoms with Gasteiger partial charge < -0.3 is 10.8 Å². The summed E-state index contributed by atoms with van der Waals surface area (Å²) >= 11 is 0. The smallest absolute Gasteiger partial charge is 0.337 e. The third kappa shape index (κ3) is 1.15. The Morgan fingerprint density at radius 3 is 2.93 bits per heavy atom. The highest BCUT2D eigenvalue weighted by atomic mass is 16.4. The summed E-state index contributed by atoms with van der Waals surface area (Å²) in [6.07, 6.45) is 2.79. The van der Waals surface area contributed by atoms with Crippen LogP contribution in [0.15, 0.2) is 24.5 Å². The van der Waals surface area contributed by atoms with Crippen LogP contribution in [0.3, 0.4) is 0 Å². The van der Waals surface area contributed by atoms with E-state index >= 15 is 0 Å². The number of nitrogens with two attached hydrogens (primary N) is 1. The summed E-state index contributed by atoms with van der Waals surface area (Å²) in [6.45, 7) is 0. The molecule has 0 aliphatic rings. The van der Waals surface area contributed by atoms with Gasteiger partial charge in [-0.15, -0.1) is 0 Å². The third-order valence-electron chi connectivity index (χ3n) is 1.90. The lowest BCUT2D eigenvalue weighted by Gasteiger charge is -2.02. The van der Waals surface area contributed by atoms with E-state index in [9.17, 15) is 4.79 Å². The van der Waals surface area contributed by atoms with Gasteiger partial charge in [0.05, 0.1) is 5.56 Å². The van der Waals surface area contributed by atoms with E-state index in [1.54, 1.807) is 18.3 Å². The molecule has 2 rings (SSSR count). The van der Waals surface area contributed by atoms with Gasteiger partial charge in [0, 0.05) is 17.8 Å². The number of nitrogen functional groups attached to an aromatic ring is 1. The predicted octanol–water partition coefficient (Wildman–Crippen LogP) is 0.910. The van der Waals surface area contributed by atoms with E-state index in [-0.39, 0.29) is 11.4 Å². The van der Waals surface area contributed by atoms with Crippen molar-refractivity contribution in [1.29, 1.82) is 0 Å². The Morgan fingerprint density at radius 2 is 2.21 bits per heavy atom. The summed E-state index contributed by atoms with van der Waals surface area (Å²) in [6, 6.07) is 3.32. The van der Waals surface area contributed by atoms with Crippen molar-refractivity contribution in [2.45, 2.75) is 0 Å². The molecule has 70 valence electrons. The standard InChI is InChI=1S/C9H7N3O2/c10-8-7-5(2-1-3-11-7)6(4-12-8)9(13)14/h1-4H,(H2,10,12)(H,13,14). The molecule has 0 unspecified atom stereocenters. The van der Waals surface area contributed by atoms with Crippen molar-refractivity contribution in [3.63, 3.8) is 0 Å². The molecule has 2 aromatic heterocycles. The van der Waals surface area contributed by atoms with Crippen LogP contribution in [0.1, 0.15) is 10.4 Å². The number of anilines is 1. The lowest BCUT2D eigenvalue weighted by Crippen LogP contribution is -2.02. The lowest BCUT2D eigenvalue weighted by atomic mass is 10.1. The number of hydrogen-bond acceptors (Lipinski definition) is 4. The maximum absolute atomic E-state index is 10.8. The van der Waals surface area contributed by atoms with Crippen LogP contribution in [0.5, 0.6) is 0 Å². The first kappa shape index (κ1) is 8.43. The number of fused-ring (bicyclic) bond motifs is 1.